The molecule has 2 rings (SSSR count). The van der Waals surface area contributed by atoms with Crippen molar-refractivity contribution in [3.63, 3.8) is 0 Å². The fraction of sp³-hybridized carbons (Fsp3) is 0.500. The molecule has 1 aromatic carbocycles. The second kappa shape index (κ2) is 6.66. The minimum atomic E-state index is 0.0560. The van der Waals surface area contributed by atoms with Crippen molar-refractivity contribution < 1.29 is 9.59 Å². The molecule has 1 heterocycles. The number of carbonyl (C=O) groups excluding carboxylic acids is 2. The largest absolute Gasteiger partial charge is 0.337 e. The van der Waals surface area contributed by atoms with E-state index in [1.165, 1.54) is 0 Å². The lowest BCUT2D eigenvalue weighted by molar-refractivity contribution is 0.0698. The van der Waals surface area contributed by atoms with Crippen molar-refractivity contribution in [3.8, 4) is 0 Å². The summed E-state index contributed by atoms with van der Waals surface area (Å²) in [7, 11) is 1.93. The molecular weight excluding hydrogens is 252 g/mol. The lowest BCUT2D eigenvalue weighted by atomic mass is 10.0. The number of likely N-dealkylation sites (tertiary alicyclic amines) is 1. The highest BCUT2D eigenvalue weighted by Crippen LogP contribution is 2.15. The number of hydrogen-bond acceptors (Lipinski definition) is 3. The molecule has 20 heavy (non-hydrogen) atoms. The third-order valence-electron chi connectivity index (χ3n) is 3.89. The van der Waals surface area contributed by atoms with Crippen molar-refractivity contribution in [1.82, 2.24) is 10.2 Å². The van der Waals surface area contributed by atoms with Crippen molar-refractivity contribution in [2.24, 2.45) is 0 Å². The molecule has 0 aromatic heterocycles. The SMILES string of the molecule is CCC(=O)c1ccc(C(=O)N2CCCC(NC)C2)cc1. The van der Waals surface area contributed by atoms with Crippen molar-refractivity contribution in [3.05, 3.63) is 35.4 Å². The zero-order chi connectivity index (χ0) is 14.5. The number of rotatable bonds is 4. The number of hydrogen-bond donors (Lipinski definition) is 1. The van der Waals surface area contributed by atoms with Gasteiger partial charge < -0.3 is 10.2 Å². The minimum Gasteiger partial charge on any atom is -0.337 e. The van der Waals surface area contributed by atoms with E-state index in [-0.39, 0.29) is 11.7 Å². The van der Waals surface area contributed by atoms with Gasteiger partial charge in [-0.15, -0.1) is 0 Å². The Kier molecular flexibility index (Phi) is 4.90. The van der Waals surface area contributed by atoms with E-state index in [0.717, 1.165) is 25.9 Å². The topological polar surface area (TPSA) is 49.4 Å². The Morgan fingerprint density at radius 3 is 2.50 bits per heavy atom. The molecule has 1 N–H and O–H groups in total. The lowest BCUT2D eigenvalue weighted by Crippen LogP contribution is -2.46. The highest BCUT2D eigenvalue weighted by atomic mass is 16.2. The van der Waals surface area contributed by atoms with Gasteiger partial charge >= 0.3 is 0 Å². The van der Waals surface area contributed by atoms with Crippen LogP contribution in [0.1, 0.15) is 46.9 Å². The first-order valence-corrected chi connectivity index (χ1v) is 7.25. The molecule has 0 radical (unpaired) electrons. The number of Topliss-reactive ketones (excluding diaryl/α,β-unsaturated/α-hetero) is 1. The van der Waals surface area contributed by atoms with Crippen molar-refractivity contribution in [2.45, 2.75) is 32.2 Å². The van der Waals surface area contributed by atoms with Crippen LogP contribution in [-0.4, -0.2) is 42.8 Å². The maximum Gasteiger partial charge on any atom is 0.253 e. The number of benzene rings is 1. The number of likely N-dealkylation sites (N-methyl/N-ethyl adjacent to an activating group) is 1. The summed E-state index contributed by atoms with van der Waals surface area (Å²) in [5.74, 6) is 0.165. The van der Waals surface area contributed by atoms with Gasteiger partial charge in [-0.25, -0.2) is 0 Å². The lowest BCUT2D eigenvalue weighted by Gasteiger charge is -2.32. The molecule has 0 saturated carbocycles. The molecule has 1 unspecified atom stereocenters. The van der Waals surface area contributed by atoms with Gasteiger partial charge in [-0.1, -0.05) is 19.1 Å². The fourth-order valence-electron chi connectivity index (χ4n) is 2.58. The van der Waals surface area contributed by atoms with Crippen LogP contribution < -0.4 is 5.32 Å². The molecule has 1 amide bonds. The first-order valence-electron chi connectivity index (χ1n) is 7.25. The first kappa shape index (κ1) is 14.7. The van der Waals surface area contributed by atoms with Gasteiger partial charge in [-0.2, -0.15) is 0 Å². The Morgan fingerprint density at radius 2 is 1.90 bits per heavy atom. The van der Waals surface area contributed by atoms with E-state index in [1.807, 2.05) is 18.9 Å². The van der Waals surface area contributed by atoms with Crippen LogP contribution in [0.4, 0.5) is 0 Å². The van der Waals surface area contributed by atoms with Gasteiger partial charge in [0.1, 0.15) is 0 Å². The first-order chi connectivity index (χ1) is 9.65. The van der Waals surface area contributed by atoms with Crippen LogP contribution in [0.25, 0.3) is 0 Å². The molecule has 1 aliphatic heterocycles. The number of ketones is 1. The Labute approximate surface area is 120 Å². The maximum atomic E-state index is 12.4. The van der Waals surface area contributed by atoms with Gasteiger partial charge in [0.05, 0.1) is 0 Å². The normalized spacial score (nSPS) is 18.9. The molecule has 1 saturated heterocycles. The van der Waals surface area contributed by atoms with Crippen LogP contribution in [0, 0.1) is 0 Å². The summed E-state index contributed by atoms with van der Waals surface area (Å²) in [5.41, 5.74) is 1.34. The van der Waals surface area contributed by atoms with Crippen LogP contribution in [0.3, 0.4) is 0 Å². The van der Waals surface area contributed by atoms with E-state index in [1.54, 1.807) is 24.3 Å². The summed E-state index contributed by atoms with van der Waals surface area (Å²) < 4.78 is 0. The van der Waals surface area contributed by atoms with E-state index in [2.05, 4.69) is 5.32 Å². The zero-order valence-electron chi connectivity index (χ0n) is 12.2. The van der Waals surface area contributed by atoms with Crippen molar-refractivity contribution >= 4 is 11.7 Å². The van der Waals surface area contributed by atoms with E-state index >= 15 is 0 Å². The maximum absolute atomic E-state index is 12.4. The summed E-state index contributed by atoms with van der Waals surface area (Å²) >= 11 is 0. The average molecular weight is 274 g/mol. The van der Waals surface area contributed by atoms with Crippen LogP contribution in [0.2, 0.25) is 0 Å². The summed E-state index contributed by atoms with van der Waals surface area (Å²) in [4.78, 5) is 25.9. The summed E-state index contributed by atoms with van der Waals surface area (Å²) in [6.45, 7) is 3.41. The molecule has 4 heteroatoms. The van der Waals surface area contributed by atoms with E-state index < -0.39 is 0 Å². The van der Waals surface area contributed by atoms with Gasteiger partial charge in [-0.05, 0) is 32.0 Å². The summed E-state index contributed by atoms with van der Waals surface area (Å²) in [6.07, 6.45) is 2.64. The summed E-state index contributed by atoms with van der Waals surface area (Å²) in [5, 5.41) is 3.23. The van der Waals surface area contributed by atoms with Gasteiger partial charge in [0.2, 0.25) is 0 Å². The van der Waals surface area contributed by atoms with Gasteiger partial charge in [0, 0.05) is 36.7 Å². The third-order valence-corrected chi connectivity index (χ3v) is 3.89. The molecule has 108 valence electrons. The molecule has 0 spiro atoms. The Balaban J connectivity index is 2.07. The highest BCUT2D eigenvalue weighted by Gasteiger charge is 2.23. The number of carbonyl (C=O) groups is 2. The Hall–Kier alpha value is -1.68. The summed E-state index contributed by atoms with van der Waals surface area (Å²) in [6, 6.07) is 7.40. The van der Waals surface area contributed by atoms with Crippen LogP contribution >= 0.6 is 0 Å². The standard InChI is InChI=1S/C16H22N2O2/c1-3-15(19)12-6-8-13(9-7-12)16(20)18-10-4-5-14(11-18)17-2/h6-9,14,17H,3-5,10-11H2,1-2H3. The van der Waals surface area contributed by atoms with Crippen molar-refractivity contribution in [2.75, 3.05) is 20.1 Å². The fourth-order valence-corrected chi connectivity index (χ4v) is 2.58. The van der Waals surface area contributed by atoms with Crippen LogP contribution in [-0.2, 0) is 0 Å². The van der Waals surface area contributed by atoms with E-state index in [0.29, 0.717) is 23.6 Å². The molecule has 0 bridgehead atoms. The Bertz CT molecular complexity index is 482. The van der Waals surface area contributed by atoms with E-state index in [4.69, 9.17) is 0 Å². The van der Waals surface area contributed by atoms with Gasteiger partial charge in [-0.3, -0.25) is 9.59 Å². The quantitative estimate of drug-likeness (QED) is 0.855. The second-order valence-electron chi connectivity index (χ2n) is 5.23. The van der Waals surface area contributed by atoms with Gasteiger partial charge in [0.25, 0.3) is 5.91 Å². The molecule has 1 fully saturated rings. The van der Waals surface area contributed by atoms with Crippen molar-refractivity contribution in [1.29, 1.82) is 0 Å². The highest BCUT2D eigenvalue weighted by molar-refractivity contribution is 5.98. The van der Waals surface area contributed by atoms with Gasteiger partial charge in [0.15, 0.2) is 5.78 Å². The predicted molar refractivity (Wildman–Crippen MR) is 79.0 cm³/mol. The third kappa shape index (κ3) is 3.25. The number of piperidine rings is 1. The second-order valence-corrected chi connectivity index (χ2v) is 5.23. The number of amides is 1. The van der Waals surface area contributed by atoms with Crippen LogP contribution in [0.5, 0.6) is 0 Å². The molecule has 4 nitrogen and oxygen atoms in total. The minimum absolute atomic E-state index is 0.0560. The number of nitrogens with zero attached hydrogens (tertiary/aromatic N) is 1. The van der Waals surface area contributed by atoms with Crippen LogP contribution in [0.15, 0.2) is 24.3 Å². The molecular formula is C16H22N2O2. The predicted octanol–water partition coefficient (Wildman–Crippen LogP) is 2.10. The Morgan fingerprint density at radius 1 is 1.25 bits per heavy atom. The molecule has 1 aliphatic rings. The average Bonchev–Trinajstić information content (AvgIpc) is 2.53. The molecule has 1 aromatic rings. The zero-order valence-corrected chi connectivity index (χ0v) is 12.2. The molecule has 1 atom stereocenters. The molecule has 0 aliphatic carbocycles. The monoisotopic (exact) mass is 274 g/mol. The smallest absolute Gasteiger partial charge is 0.253 e. The van der Waals surface area contributed by atoms with E-state index in [9.17, 15) is 9.59 Å². The number of nitrogens with one attached hydrogen (secondary N) is 1.